The van der Waals surface area contributed by atoms with Gasteiger partial charge >= 0.3 is 0 Å². The second kappa shape index (κ2) is 5.75. The van der Waals surface area contributed by atoms with Crippen LogP contribution < -0.4 is 5.32 Å². The highest BCUT2D eigenvalue weighted by Gasteiger charge is 2.21. The van der Waals surface area contributed by atoms with Crippen LogP contribution in [0.15, 0.2) is 12.5 Å². The molecule has 0 aliphatic carbocycles. The van der Waals surface area contributed by atoms with Gasteiger partial charge < -0.3 is 9.88 Å². The summed E-state index contributed by atoms with van der Waals surface area (Å²) in [6.45, 7) is 11.0. The molecule has 0 spiro atoms. The third-order valence-corrected chi connectivity index (χ3v) is 3.25. The maximum absolute atomic E-state index is 4.57. The third-order valence-electron chi connectivity index (χ3n) is 3.25. The zero-order valence-electron chi connectivity index (χ0n) is 13.0. The van der Waals surface area contributed by atoms with Crippen molar-refractivity contribution in [2.75, 3.05) is 0 Å². The number of nitrogens with zero attached hydrogens (tertiary/aromatic N) is 5. The molecule has 0 saturated carbocycles. The van der Waals surface area contributed by atoms with Crippen molar-refractivity contribution in [3.63, 3.8) is 0 Å². The largest absolute Gasteiger partial charge is 0.317 e. The summed E-state index contributed by atoms with van der Waals surface area (Å²) in [5.41, 5.74) is 2.44. The first-order valence-electron chi connectivity index (χ1n) is 7.02. The molecule has 0 saturated heterocycles. The lowest BCUT2D eigenvalue weighted by molar-refractivity contribution is 0.541. The molecule has 0 unspecified atom stereocenters. The summed E-state index contributed by atoms with van der Waals surface area (Å²) in [5.74, 6) is 0.966. The van der Waals surface area contributed by atoms with Crippen LogP contribution in [-0.2, 0) is 32.1 Å². The van der Waals surface area contributed by atoms with E-state index in [4.69, 9.17) is 0 Å². The van der Waals surface area contributed by atoms with E-state index in [1.807, 2.05) is 16.3 Å². The molecule has 0 radical (unpaired) electrons. The summed E-state index contributed by atoms with van der Waals surface area (Å²) in [6, 6.07) is 0. The van der Waals surface area contributed by atoms with E-state index in [0.717, 1.165) is 24.6 Å². The van der Waals surface area contributed by atoms with Crippen LogP contribution in [0.5, 0.6) is 0 Å². The standard InChI is InChI=1S/C14H24N6/c1-6-20-10-16-17-12(20)8-15-7-11-9-19(5)18-13(11)14(2,3)4/h9-10,15H,6-8H2,1-5H3. The number of hydrogen-bond acceptors (Lipinski definition) is 4. The summed E-state index contributed by atoms with van der Waals surface area (Å²) in [6.07, 6.45) is 3.85. The molecule has 6 heteroatoms. The van der Waals surface area contributed by atoms with Gasteiger partial charge in [0, 0.05) is 37.3 Å². The Balaban J connectivity index is 2.01. The summed E-state index contributed by atoms with van der Waals surface area (Å²) >= 11 is 0. The van der Waals surface area contributed by atoms with E-state index in [1.165, 1.54) is 5.56 Å². The number of hydrogen-bond donors (Lipinski definition) is 1. The molecular formula is C14H24N6. The van der Waals surface area contributed by atoms with Crippen LogP contribution in [0.2, 0.25) is 0 Å². The second-order valence-corrected chi connectivity index (χ2v) is 6.06. The highest BCUT2D eigenvalue weighted by atomic mass is 15.3. The average Bonchev–Trinajstić information content (AvgIpc) is 2.95. The number of rotatable bonds is 5. The fraction of sp³-hybridized carbons (Fsp3) is 0.643. The fourth-order valence-corrected chi connectivity index (χ4v) is 2.29. The van der Waals surface area contributed by atoms with Crippen LogP contribution in [0.25, 0.3) is 0 Å². The Morgan fingerprint density at radius 2 is 2.00 bits per heavy atom. The number of aryl methyl sites for hydroxylation is 2. The molecule has 6 nitrogen and oxygen atoms in total. The minimum atomic E-state index is 0.0573. The average molecular weight is 276 g/mol. The number of nitrogens with one attached hydrogen (secondary N) is 1. The molecule has 2 aromatic heterocycles. The van der Waals surface area contributed by atoms with E-state index < -0.39 is 0 Å². The highest BCUT2D eigenvalue weighted by molar-refractivity contribution is 5.23. The first-order chi connectivity index (χ1) is 9.41. The van der Waals surface area contributed by atoms with Gasteiger partial charge in [-0.1, -0.05) is 20.8 Å². The predicted octanol–water partition coefficient (Wildman–Crippen LogP) is 1.62. The minimum Gasteiger partial charge on any atom is -0.317 e. The van der Waals surface area contributed by atoms with Crippen molar-refractivity contribution in [3.8, 4) is 0 Å². The lowest BCUT2D eigenvalue weighted by atomic mass is 9.89. The van der Waals surface area contributed by atoms with E-state index in [-0.39, 0.29) is 5.41 Å². The Hall–Kier alpha value is -1.69. The number of aromatic nitrogens is 5. The first-order valence-corrected chi connectivity index (χ1v) is 7.02. The van der Waals surface area contributed by atoms with E-state index in [2.05, 4.69) is 54.5 Å². The monoisotopic (exact) mass is 276 g/mol. The molecule has 0 fully saturated rings. The van der Waals surface area contributed by atoms with Crippen LogP contribution in [0, 0.1) is 0 Å². The molecule has 0 atom stereocenters. The van der Waals surface area contributed by atoms with Gasteiger partial charge in [0.15, 0.2) is 0 Å². The zero-order chi connectivity index (χ0) is 14.8. The normalized spacial score (nSPS) is 12.1. The summed E-state index contributed by atoms with van der Waals surface area (Å²) in [5, 5.41) is 16.1. The molecule has 0 aliphatic heterocycles. The molecule has 110 valence electrons. The van der Waals surface area contributed by atoms with E-state index >= 15 is 0 Å². The fourth-order valence-electron chi connectivity index (χ4n) is 2.29. The molecule has 2 rings (SSSR count). The third kappa shape index (κ3) is 3.25. The van der Waals surface area contributed by atoms with Crippen molar-refractivity contribution >= 4 is 0 Å². The first kappa shape index (κ1) is 14.7. The van der Waals surface area contributed by atoms with E-state index in [0.29, 0.717) is 6.54 Å². The molecule has 0 amide bonds. The van der Waals surface area contributed by atoms with E-state index in [1.54, 1.807) is 6.33 Å². The Labute approximate surface area is 120 Å². The van der Waals surface area contributed by atoms with Gasteiger partial charge in [0.1, 0.15) is 12.2 Å². The van der Waals surface area contributed by atoms with Crippen molar-refractivity contribution in [3.05, 3.63) is 29.6 Å². The molecule has 0 aliphatic rings. The summed E-state index contributed by atoms with van der Waals surface area (Å²) in [7, 11) is 1.96. The van der Waals surface area contributed by atoms with Gasteiger partial charge in [0.25, 0.3) is 0 Å². The van der Waals surface area contributed by atoms with Crippen molar-refractivity contribution in [1.29, 1.82) is 0 Å². The van der Waals surface area contributed by atoms with Crippen molar-refractivity contribution < 1.29 is 0 Å². The Morgan fingerprint density at radius 3 is 2.65 bits per heavy atom. The van der Waals surface area contributed by atoms with Crippen molar-refractivity contribution in [2.45, 2.75) is 52.7 Å². The van der Waals surface area contributed by atoms with Crippen LogP contribution in [-0.4, -0.2) is 24.5 Å². The van der Waals surface area contributed by atoms with Gasteiger partial charge in [-0.3, -0.25) is 4.68 Å². The maximum atomic E-state index is 4.57. The van der Waals surface area contributed by atoms with Crippen molar-refractivity contribution in [1.82, 2.24) is 29.9 Å². The summed E-state index contributed by atoms with van der Waals surface area (Å²) < 4.78 is 3.92. The summed E-state index contributed by atoms with van der Waals surface area (Å²) in [4.78, 5) is 0. The molecule has 2 aromatic rings. The van der Waals surface area contributed by atoms with Gasteiger partial charge in [-0.05, 0) is 6.92 Å². The Morgan fingerprint density at radius 1 is 1.25 bits per heavy atom. The second-order valence-electron chi connectivity index (χ2n) is 6.06. The molecule has 0 aromatic carbocycles. The topological polar surface area (TPSA) is 60.6 Å². The predicted molar refractivity (Wildman–Crippen MR) is 78.1 cm³/mol. The Kier molecular flexibility index (Phi) is 4.23. The molecule has 1 N–H and O–H groups in total. The lowest BCUT2D eigenvalue weighted by Crippen LogP contribution is -2.20. The quantitative estimate of drug-likeness (QED) is 0.901. The molecule has 20 heavy (non-hydrogen) atoms. The van der Waals surface area contributed by atoms with Gasteiger partial charge in [-0.2, -0.15) is 5.10 Å². The van der Waals surface area contributed by atoms with Crippen LogP contribution in [0.1, 0.15) is 44.8 Å². The van der Waals surface area contributed by atoms with Crippen LogP contribution >= 0.6 is 0 Å². The van der Waals surface area contributed by atoms with Gasteiger partial charge in [-0.25, -0.2) is 0 Å². The van der Waals surface area contributed by atoms with Crippen LogP contribution in [0.4, 0.5) is 0 Å². The van der Waals surface area contributed by atoms with Gasteiger partial charge in [-0.15, -0.1) is 10.2 Å². The minimum absolute atomic E-state index is 0.0573. The van der Waals surface area contributed by atoms with Crippen molar-refractivity contribution in [2.24, 2.45) is 7.05 Å². The maximum Gasteiger partial charge on any atom is 0.146 e. The highest BCUT2D eigenvalue weighted by Crippen LogP contribution is 2.23. The smallest absolute Gasteiger partial charge is 0.146 e. The van der Waals surface area contributed by atoms with Gasteiger partial charge in [0.05, 0.1) is 12.2 Å². The molecule has 2 heterocycles. The lowest BCUT2D eigenvalue weighted by Gasteiger charge is -2.17. The molecular weight excluding hydrogens is 252 g/mol. The van der Waals surface area contributed by atoms with E-state index in [9.17, 15) is 0 Å². The molecule has 0 bridgehead atoms. The Bertz CT molecular complexity index is 560. The zero-order valence-corrected chi connectivity index (χ0v) is 13.0. The van der Waals surface area contributed by atoms with Crippen LogP contribution in [0.3, 0.4) is 0 Å². The van der Waals surface area contributed by atoms with Gasteiger partial charge in [0.2, 0.25) is 0 Å². The SMILES string of the molecule is CCn1cnnc1CNCc1cn(C)nc1C(C)(C)C.